The highest BCUT2D eigenvalue weighted by Crippen LogP contribution is 2.17. The van der Waals surface area contributed by atoms with Crippen LogP contribution in [0.3, 0.4) is 0 Å². The molecule has 7 heteroatoms. The number of hydrogen-bond donors (Lipinski definition) is 1. The van der Waals surface area contributed by atoms with Crippen LogP contribution in [0.15, 0.2) is 17.0 Å². The van der Waals surface area contributed by atoms with Crippen LogP contribution >= 0.6 is 22.9 Å². The van der Waals surface area contributed by atoms with Crippen molar-refractivity contribution in [3.63, 3.8) is 0 Å². The maximum Gasteiger partial charge on any atom is 0.354 e. The molecule has 2 rings (SSSR count). The van der Waals surface area contributed by atoms with Crippen LogP contribution < -0.4 is 0 Å². The quantitative estimate of drug-likeness (QED) is 0.814. The zero-order valence-electron chi connectivity index (χ0n) is 7.22. The molecule has 0 saturated carbocycles. The molecule has 2 aromatic rings. The van der Waals surface area contributed by atoms with Gasteiger partial charge in [0.25, 0.3) is 0 Å². The molecule has 5 nitrogen and oxygen atoms in total. The Hall–Kier alpha value is -1.53. The maximum atomic E-state index is 10.7. The summed E-state index contributed by atoms with van der Waals surface area (Å²) in [7, 11) is 0. The van der Waals surface area contributed by atoms with E-state index >= 15 is 0 Å². The topological polar surface area (TPSA) is 76.0 Å². The van der Waals surface area contributed by atoms with Crippen molar-refractivity contribution in [2.24, 2.45) is 0 Å². The molecule has 0 unspecified atom stereocenters. The highest BCUT2D eigenvalue weighted by atomic mass is 35.5. The van der Waals surface area contributed by atoms with E-state index in [4.69, 9.17) is 16.7 Å². The van der Waals surface area contributed by atoms with Gasteiger partial charge in [-0.05, 0) is 0 Å². The molecule has 2 aromatic heterocycles. The van der Waals surface area contributed by atoms with E-state index in [0.717, 1.165) is 0 Å². The second kappa shape index (κ2) is 3.92. The van der Waals surface area contributed by atoms with Gasteiger partial charge in [0.05, 0.1) is 5.51 Å². The lowest BCUT2D eigenvalue weighted by molar-refractivity contribution is 0.0690. The molecule has 0 spiro atoms. The van der Waals surface area contributed by atoms with Crippen molar-refractivity contribution in [3.05, 3.63) is 27.8 Å². The van der Waals surface area contributed by atoms with Crippen molar-refractivity contribution in [2.75, 3.05) is 0 Å². The first-order valence-corrected chi connectivity index (χ1v) is 5.15. The molecule has 15 heavy (non-hydrogen) atoms. The highest BCUT2D eigenvalue weighted by Gasteiger charge is 2.11. The summed E-state index contributed by atoms with van der Waals surface area (Å²) in [5.74, 6) is -0.920. The smallest absolute Gasteiger partial charge is 0.354 e. The van der Waals surface area contributed by atoms with Crippen molar-refractivity contribution >= 4 is 28.9 Å². The number of halogens is 1. The van der Waals surface area contributed by atoms with Gasteiger partial charge in [-0.15, -0.1) is 11.3 Å². The van der Waals surface area contributed by atoms with Crippen molar-refractivity contribution in [3.8, 4) is 11.5 Å². The SMILES string of the molecule is O=C(O)c1cc(Cl)nc(-c2cscn2)n1. The number of carboxylic acid groups (broad SMARTS) is 1. The van der Waals surface area contributed by atoms with Crippen LogP contribution in [0.5, 0.6) is 0 Å². The zero-order valence-corrected chi connectivity index (χ0v) is 8.79. The van der Waals surface area contributed by atoms with Crippen molar-refractivity contribution in [2.45, 2.75) is 0 Å². The fourth-order valence-electron chi connectivity index (χ4n) is 0.965. The minimum Gasteiger partial charge on any atom is -0.477 e. The van der Waals surface area contributed by atoms with Crippen molar-refractivity contribution < 1.29 is 9.90 Å². The van der Waals surface area contributed by atoms with Gasteiger partial charge in [0.2, 0.25) is 0 Å². The molecular formula is C8H4ClN3O2S. The van der Waals surface area contributed by atoms with E-state index in [1.54, 1.807) is 10.9 Å². The number of aromatic carboxylic acids is 1. The molecule has 0 fully saturated rings. The molecule has 0 aliphatic rings. The third-order valence-electron chi connectivity index (χ3n) is 1.58. The van der Waals surface area contributed by atoms with Crippen LogP contribution in [0.2, 0.25) is 5.15 Å². The summed E-state index contributed by atoms with van der Waals surface area (Å²) in [5.41, 5.74) is 1.99. The van der Waals surface area contributed by atoms with Crippen LogP contribution in [0.1, 0.15) is 10.5 Å². The Morgan fingerprint density at radius 1 is 1.47 bits per heavy atom. The van der Waals surface area contributed by atoms with E-state index in [1.165, 1.54) is 17.4 Å². The summed E-state index contributed by atoms with van der Waals surface area (Å²) in [4.78, 5) is 22.4. The summed E-state index contributed by atoms with van der Waals surface area (Å²) in [6.45, 7) is 0. The normalized spacial score (nSPS) is 10.2. The Balaban J connectivity index is 2.54. The van der Waals surface area contributed by atoms with Gasteiger partial charge in [-0.1, -0.05) is 11.6 Å². The minimum atomic E-state index is -1.14. The van der Waals surface area contributed by atoms with Gasteiger partial charge in [0.1, 0.15) is 10.8 Å². The predicted molar refractivity (Wildman–Crippen MR) is 55.1 cm³/mol. The molecule has 0 bridgehead atoms. The molecule has 0 saturated heterocycles. The first kappa shape index (κ1) is 10.0. The minimum absolute atomic E-state index is 0.0883. The summed E-state index contributed by atoms with van der Waals surface area (Å²) in [5, 5.41) is 10.6. The second-order valence-electron chi connectivity index (χ2n) is 2.58. The van der Waals surface area contributed by atoms with E-state index in [2.05, 4.69) is 15.0 Å². The Labute approximate surface area is 93.4 Å². The van der Waals surface area contributed by atoms with Gasteiger partial charge in [-0.25, -0.2) is 19.7 Å². The van der Waals surface area contributed by atoms with E-state index in [0.29, 0.717) is 5.69 Å². The predicted octanol–water partition coefficient (Wildman–Crippen LogP) is 1.95. The molecule has 0 radical (unpaired) electrons. The molecule has 0 aliphatic heterocycles. The van der Waals surface area contributed by atoms with E-state index < -0.39 is 5.97 Å². The third kappa shape index (κ3) is 2.11. The van der Waals surface area contributed by atoms with E-state index in [1.807, 2.05) is 0 Å². The summed E-state index contributed by atoms with van der Waals surface area (Å²) >= 11 is 7.05. The lowest BCUT2D eigenvalue weighted by atomic mass is 10.4. The van der Waals surface area contributed by atoms with Crippen LogP contribution in [-0.4, -0.2) is 26.0 Å². The molecule has 0 amide bonds. The third-order valence-corrected chi connectivity index (χ3v) is 2.36. The first-order valence-electron chi connectivity index (χ1n) is 3.83. The van der Waals surface area contributed by atoms with Crippen LogP contribution in [0.4, 0.5) is 0 Å². The lowest BCUT2D eigenvalue weighted by Gasteiger charge is -1.98. The van der Waals surface area contributed by atoms with Gasteiger partial charge in [-0.3, -0.25) is 0 Å². The monoisotopic (exact) mass is 241 g/mol. The number of carbonyl (C=O) groups is 1. The Kier molecular flexibility index (Phi) is 2.61. The van der Waals surface area contributed by atoms with Crippen LogP contribution in [0, 0.1) is 0 Å². The zero-order chi connectivity index (χ0) is 10.8. The number of aromatic nitrogens is 3. The summed E-state index contributed by atoms with van der Waals surface area (Å²) in [6.07, 6.45) is 0. The number of rotatable bonds is 2. The average Bonchev–Trinajstić information content (AvgIpc) is 2.69. The standard InChI is InChI=1S/C8H4ClN3O2S/c9-6-1-4(8(13)14)11-7(12-6)5-2-15-3-10-5/h1-3H,(H,13,14). The number of carboxylic acids is 1. The number of hydrogen-bond acceptors (Lipinski definition) is 5. The van der Waals surface area contributed by atoms with Crippen molar-refractivity contribution in [1.29, 1.82) is 0 Å². The average molecular weight is 242 g/mol. The van der Waals surface area contributed by atoms with Crippen LogP contribution in [-0.2, 0) is 0 Å². The molecular weight excluding hydrogens is 238 g/mol. The molecule has 0 atom stereocenters. The Morgan fingerprint density at radius 3 is 2.87 bits per heavy atom. The Bertz CT molecular complexity index is 501. The highest BCUT2D eigenvalue weighted by molar-refractivity contribution is 7.07. The summed E-state index contributed by atoms with van der Waals surface area (Å²) < 4.78 is 0. The maximum absolute atomic E-state index is 10.7. The fraction of sp³-hybridized carbons (Fsp3) is 0. The molecule has 1 N–H and O–H groups in total. The fourth-order valence-corrected chi connectivity index (χ4v) is 1.68. The molecule has 0 aromatic carbocycles. The largest absolute Gasteiger partial charge is 0.477 e. The van der Waals surface area contributed by atoms with E-state index in [9.17, 15) is 4.79 Å². The lowest BCUT2D eigenvalue weighted by Crippen LogP contribution is -2.03. The molecule has 76 valence electrons. The molecule has 0 aliphatic carbocycles. The van der Waals surface area contributed by atoms with Gasteiger partial charge < -0.3 is 5.11 Å². The second-order valence-corrected chi connectivity index (χ2v) is 3.68. The van der Waals surface area contributed by atoms with Crippen LogP contribution in [0.25, 0.3) is 11.5 Å². The number of thiazole rings is 1. The van der Waals surface area contributed by atoms with Gasteiger partial charge >= 0.3 is 5.97 Å². The van der Waals surface area contributed by atoms with Gasteiger partial charge in [0, 0.05) is 11.4 Å². The van der Waals surface area contributed by atoms with Crippen molar-refractivity contribution in [1.82, 2.24) is 15.0 Å². The summed E-state index contributed by atoms with van der Waals surface area (Å²) in [6, 6.07) is 1.19. The molecule has 2 heterocycles. The Morgan fingerprint density at radius 2 is 2.27 bits per heavy atom. The number of nitrogens with zero attached hydrogens (tertiary/aromatic N) is 3. The van der Waals surface area contributed by atoms with E-state index in [-0.39, 0.29) is 16.7 Å². The van der Waals surface area contributed by atoms with Gasteiger partial charge in [0.15, 0.2) is 11.5 Å². The van der Waals surface area contributed by atoms with Gasteiger partial charge in [-0.2, -0.15) is 0 Å². The first-order chi connectivity index (χ1) is 7.16.